The number of carbonyl (C=O) groups excluding carboxylic acids is 1. The monoisotopic (exact) mass is 377 g/mol. The molecule has 3 heterocycles. The van der Waals surface area contributed by atoms with Gasteiger partial charge in [-0.05, 0) is 24.1 Å². The van der Waals surface area contributed by atoms with Gasteiger partial charge in [0.25, 0.3) is 11.5 Å². The molecule has 2 saturated heterocycles. The van der Waals surface area contributed by atoms with Crippen molar-refractivity contribution in [1.82, 2.24) is 14.8 Å². The van der Waals surface area contributed by atoms with Gasteiger partial charge in [-0.25, -0.2) is 0 Å². The number of pyridine rings is 1. The fraction of sp³-hybridized carbons (Fsp3) is 0.368. The molecule has 1 amide bonds. The van der Waals surface area contributed by atoms with Crippen LogP contribution in [0.1, 0.15) is 28.0 Å². The summed E-state index contributed by atoms with van der Waals surface area (Å²) in [6, 6.07) is 12.0. The van der Waals surface area contributed by atoms with Crippen molar-refractivity contribution in [3.05, 3.63) is 69.6 Å². The van der Waals surface area contributed by atoms with Crippen molar-refractivity contribution >= 4 is 5.91 Å². The lowest BCUT2D eigenvalue weighted by molar-refractivity contribution is -0.138. The molecule has 27 heavy (non-hydrogen) atoms. The fourth-order valence-corrected chi connectivity index (χ4v) is 3.99. The van der Waals surface area contributed by atoms with E-state index in [4.69, 9.17) is 0 Å². The van der Waals surface area contributed by atoms with E-state index in [1.165, 1.54) is 5.56 Å². The lowest BCUT2D eigenvalue weighted by Gasteiger charge is -2.34. The van der Waals surface area contributed by atoms with Crippen LogP contribution in [-0.2, 0) is 12.7 Å². The Morgan fingerprint density at radius 2 is 1.81 bits per heavy atom. The number of carbonyl (C=O) groups is 1. The van der Waals surface area contributed by atoms with Crippen molar-refractivity contribution in [2.24, 2.45) is 0 Å². The molecule has 2 atom stereocenters. The molecule has 2 fully saturated rings. The highest BCUT2D eigenvalue weighted by Crippen LogP contribution is 2.33. The zero-order chi connectivity index (χ0) is 19.2. The largest absolute Gasteiger partial charge is 0.421 e. The van der Waals surface area contributed by atoms with Crippen LogP contribution in [0.3, 0.4) is 0 Å². The third-order valence-corrected chi connectivity index (χ3v) is 5.29. The van der Waals surface area contributed by atoms with E-state index in [0.717, 1.165) is 25.6 Å². The van der Waals surface area contributed by atoms with Crippen LogP contribution < -0.4 is 5.56 Å². The minimum Gasteiger partial charge on any atom is -0.331 e. The van der Waals surface area contributed by atoms with Gasteiger partial charge in [-0.15, -0.1) is 0 Å². The molecule has 2 aromatic rings. The molecule has 2 bridgehead atoms. The second kappa shape index (κ2) is 6.53. The molecule has 0 aliphatic carbocycles. The van der Waals surface area contributed by atoms with Crippen LogP contribution in [0.25, 0.3) is 0 Å². The number of nitrogens with zero attached hydrogens (tertiary/aromatic N) is 2. The Hall–Kier alpha value is -2.61. The fourth-order valence-electron chi connectivity index (χ4n) is 3.99. The zero-order valence-corrected chi connectivity index (χ0v) is 14.4. The number of hydrogen-bond donors (Lipinski definition) is 1. The van der Waals surface area contributed by atoms with Gasteiger partial charge >= 0.3 is 6.18 Å². The number of likely N-dealkylation sites (tertiary alicyclic amines) is 2. The molecule has 0 unspecified atom stereocenters. The van der Waals surface area contributed by atoms with Crippen LogP contribution in [0.5, 0.6) is 0 Å². The average molecular weight is 377 g/mol. The first-order chi connectivity index (χ1) is 12.8. The minimum absolute atomic E-state index is 0.0111. The van der Waals surface area contributed by atoms with Gasteiger partial charge in [0.15, 0.2) is 0 Å². The number of halogens is 3. The van der Waals surface area contributed by atoms with Crippen LogP contribution in [0.2, 0.25) is 0 Å². The second-order valence-corrected chi connectivity index (χ2v) is 7.03. The SMILES string of the molecule is O=C(c1ccc(C(F)(F)F)c(=O)[nH]1)N1C[C@@H]2C[C@H]1CN2Cc1ccccc1. The highest BCUT2D eigenvalue weighted by atomic mass is 19.4. The summed E-state index contributed by atoms with van der Waals surface area (Å²) in [7, 11) is 0. The predicted octanol–water partition coefficient (Wildman–Crippen LogP) is 2.49. The Morgan fingerprint density at radius 1 is 1.07 bits per heavy atom. The molecule has 142 valence electrons. The van der Waals surface area contributed by atoms with E-state index < -0.39 is 23.2 Å². The van der Waals surface area contributed by atoms with E-state index >= 15 is 0 Å². The molecule has 5 nitrogen and oxygen atoms in total. The van der Waals surface area contributed by atoms with Gasteiger partial charge < -0.3 is 9.88 Å². The van der Waals surface area contributed by atoms with E-state index in [1.54, 1.807) is 4.90 Å². The van der Waals surface area contributed by atoms with Crippen molar-refractivity contribution in [3.8, 4) is 0 Å². The maximum Gasteiger partial charge on any atom is 0.421 e. The van der Waals surface area contributed by atoms with Gasteiger partial charge in [-0.1, -0.05) is 30.3 Å². The van der Waals surface area contributed by atoms with Crippen LogP contribution in [0.4, 0.5) is 13.2 Å². The van der Waals surface area contributed by atoms with Crippen LogP contribution in [0.15, 0.2) is 47.3 Å². The first-order valence-corrected chi connectivity index (χ1v) is 8.72. The number of aromatic nitrogens is 1. The minimum atomic E-state index is -4.74. The van der Waals surface area contributed by atoms with Crippen molar-refractivity contribution < 1.29 is 18.0 Å². The van der Waals surface area contributed by atoms with Crippen LogP contribution in [0, 0.1) is 0 Å². The topological polar surface area (TPSA) is 56.4 Å². The summed E-state index contributed by atoms with van der Waals surface area (Å²) >= 11 is 0. The summed E-state index contributed by atoms with van der Waals surface area (Å²) in [5.41, 5.74) is -1.48. The molecule has 0 saturated carbocycles. The van der Waals surface area contributed by atoms with Gasteiger partial charge in [0.05, 0.1) is 0 Å². The van der Waals surface area contributed by atoms with Crippen molar-refractivity contribution in [3.63, 3.8) is 0 Å². The summed E-state index contributed by atoms with van der Waals surface area (Å²) in [6.07, 6.45) is -3.90. The van der Waals surface area contributed by atoms with Crippen molar-refractivity contribution in [2.75, 3.05) is 13.1 Å². The van der Waals surface area contributed by atoms with Gasteiger partial charge in [0, 0.05) is 31.7 Å². The van der Waals surface area contributed by atoms with Crippen LogP contribution in [-0.4, -0.2) is 45.9 Å². The smallest absolute Gasteiger partial charge is 0.331 e. The summed E-state index contributed by atoms with van der Waals surface area (Å²) < 4.78 is 38.1. The number of hydrogen-bond acceptors (Lipinski definition) is 3. The molecule has 0 radical (unpaired) electrons. The van der Waals surface area contributed by atoms with E-state index in [-0.39, 0.29) is 17.8 Å². The van der Waals surface area contributed by atoms with Crippen LogP contribution >= 0.6 is 0 Å². The number of nitrogens with one attached hydrogen (secondary N) is 1. The number of alkyl halides is 3. The van der Waals surface area contributed by atoms with E-state index in [0.29, 0.717) is 12.6 Å². The first kappa shape index (κ1) is 17.8. The molecule has 1 N–H and O–H groups in total. The average Bonchev–Trinajstić information content (AvgIpc) is 3.21. The summed E-state index contributed by atoms with van der Waals surface area (Å²) in [5.74, 6) is -0.423. The molecule has 2 aliphatic rings. The predicted molar refractivity (Wildman–Crippen MR) is 92.1 cm³/mol. The Morgan fingerprint density at radius 3 is 2.41 bits per heavy atom. The van der Waals surface area contributed by atoms with Crippen molar-refractivity contribution in [1.29, 1.82) is 0 Å². The molecule has 1 aromatic carbocycles. The number of amides is 1. The van der Waals surface area contributed by atoms with Gasteiger partial charge in [-0.2, -0.15) is 13.2 Å². The molecule has 2 aliphatic heterocycles. The number of piperazine rings is 1. The maximum atomic E-state index is 12.7. The highest BCUT2D eigenvalue weighted by molar-refractivity contribution is 5.92. The molecular formula is C19H18F3N3O2. The van der Waals surface area contributed by atoms with Gasteiger partial charge in [0.2, 0.25) is 0 Å². The quantitative estimate of drug-likeness (QED) is 0.894. The third-order valence-electron chi connectivity index (χ3n) is 5.29. The molecule has 0 spiro atoms. The molecule has 1 aromatic heterocycles. The van der Waals surface area contributed by atoms with Crippen molar-refractivity contribution in [2.45, 2.75) is 31.2 Å². The summed E-state index contributed by atoms with van der Waals surface area (Å²) in [5, 5.41) is 0. The second-order valence-electron chi connectivity index (χ2n) is 7.03. The number of fused-ring (bicyclic) bond motifs is 2. The van der Waals surface area contributed by atoms with Gasteiger partial charge in [-0.3, -0.25) is 14.5 Å². The Bertz CT molecular complexity index is 910. The van der Waals surface area contributed by atoms with E-state index in [1.807, 2.05) is 18.2 Å². The molecular weight excluding hydrogens is 359 g/mol. The number of benzene rings is 1. The lowest BCUT2D eigenvalue weighted by atomic mass is 10.2. The maximum absolute atomic E-state index is 12.7. The Kier molecular flexibility index (Phi) is 4.30. The summed E-state index contributed by atoms with van der Waals surface area (Å²) in [4.78, 5) is 30.4. The third kappa shape index (κ3) is 3.37. The number of H-pyrrole nitrogens is 1. The molecule has 4 rings (SSSR count). The number of aromatic amines is 1. The van der Waals surface area contributed by atoms with Gasteiger partial charge in [0.1, 0.15) is 11.3 Å². The van der Waals surface area contributed by atoms with E-state index in [9.17, 15) is 22.8 Å². The Balaban J connectivity index is 1.45. The highest BCUT2D eigenvalue weighted by Gasteiger charge is 2.45. The molecule has 8 heteroatoms. The lowest BCUT2D eigenvalue weighted by Crippen LogP contribution is -2.48. The Labute approximate surface area is 153 Å². The normalized spacial score (nSPS) is 22.4. The standard InChI is InChI=1S/C19H18F3N3O2/c20-19(21,22)15-6-7-16(23-17(15)26)18(27)25-11-13-8-14(25)10-24(13)9-12-4-2-1-3-5-12/h1-7,13-14H,8-11H2,(H,23,26)/t13-,14-/m0/s1. The number of rotatable bonds is 3. The summed E-state index contributed by atoms with van der Waals surface area (Å²) in [6.45, 7) is 2.04. The van der Waals surface area contributed by atoms with E-state index in [2.05, 4.69) is 22.0 Å². The zero-order valence-electron chi connectivity index (χ0n) is 14.4. The first-order valence-electron chi connectivity index (χ1n) is 8.72.